The number of benzene rings is 1. The van der Waals surface area contributed by atoms with E-state index in [9.17, 15) is 8.78 Å². The van der Waals surface area contributed by atoms with Crippen LogP contribution in [0.15, 0.2) is 30.3 Å². The summed E-state index contributed by atoms with van der Waals surface area (Å²) < 4.78 is 24.6. The van der Waals surface area contributed by atoms with Crippen LogP contribution in [0, 0.1) is 5.92 Å². The zero-order valence-corrected chi connectivity index (χ0v) is 7.29. The summed E-state index contributed by atoms with van der Waals surface area (Å²) in [5.41, 5.74) is 6.16. The van der Waals surface area contributed by atoms with Gasteiger partial charge in [-0.3, -0.25) is 0 Å². The molecule has 0 fully saturated rings. The van der Waals surface area contributed by atoms with Gasteiger partial charge < -0.3 is 5.73 Å². The summed E-state index contributed by atoms with van der Waals surface area (Å²) in [7, 11) is 0. The molecule has 1 atom stereocenters. The van der Waals surface area contributed by atoms with Crippen molar-refractivity contribution in [3.8, 4) is 0 Å². The van der Waals surface area contributed by atoms with Gasteiger partial charge in [0, 0.05) is 12.5 Å². The van der Waals surface area contributed by atoms with E-state index in [1.54, 1.807) is 0 Å². The van der Waals surface area contributed by atoms with Gasteiger partial charge in [0.25, 0.3) is 0 Å². The van der Waals surface area contributed by atoms with Crippen molar-refractivity contribution >= 4 is 0 Å². The van der Waals surface area contributed by atoms with Crippen LogP contribution in [-0.2, 0) is 6.42 Å². The van der Waals surface area contributed by atoms with Gasteiger partial charge in [-0.2, -0.15) is 0 Å². The van der Waals surface area contributed by atoms with Crippen LogP contribution in [0.4, 0.5) is 8.78 Å². The Hall–Kier alpha value is -0.960. The summed E-state index contributed by atoms with van der Waals surface area (Å²) in [6.45, 7) is 0.0343. The second kappa shape index (κ2) is 4.92. The van der Waals surface area contributed by atoms with Crippen molar-refractivity contribution in [2.24, 2.45) is 11.7 Å². The molecule has 0 bridgehead atoms. The third-order valence-corrected chi connectivity index (χ3v) is 2.00. The summed E-state index contributed by atoms with van der Waals surface area (Å²) in [5.74, 6) is -0.720. The molecule has 0 aliphatic rings. The highest BCUT2D eigenvalue weighted by Gasteiger charge is 2.18. The van der Waals surface area contributed by atoms with E-state index in [1.165, 1.54) is 0 Å². The third-order valence-electron chi connectivity index (χ3n) is 2.00. The van der Waals surface area contributed by atoms with E-state index in [0.717, 1.165) is 5.56 Å². The number of halogens is 2. The van der Waals surface area contributed by atoms with Crippen molar-refractivity contribution in [3.63, 3.8) is 0 Å². The van der Waals surface area contributed by atoms with Crippen molar-refractivity contribution < 1.29 is 8.78 Å². The average Bonchev–Trinajstić information content (AvgIpc) is 2.15. The molecule has 1 aromatic rings. The van der Waals surface area contributed by atoms with Crippen molar-refractivity contribution in [1.29, 1.82) is 0 Å². The number of hydrogen-bond donors (Lipinski definition) is 1. The minimum atomic E-state index is -2.33. The van der Waals surface area contributed by atoms with Crippen LogP contribution in [-0.4, -0.2) is 13.0 Å². The molecule has 1 rings (SSSR count). The first-order valence-electron chi connectivity index (χ1n) is 4.26. The van der Waals surface area contributed by atoms with Gasteiger partial charge in [0.2, 0.25) is 6.43 Å². The monoisotopic (exact) mass is 185 g/mol. The second-order valence-electron chi connectivity index (χ2n) is 3.02. The van der Waals surface area contributed by atoms with Crippen molar-refractivity contribution in [1.82, 2.24) is 0 Å². The molecule has 2 N–H and O–H groups in total. The Bertz CT molecular complexity index is 236. The quantitative estimate of drug-likeness (QED) is 0.763. The Labute approximate surface area is 76.6 Å². The highest BCUT2D eigenvalue weighted by molar-refractivity contribution is 5.15. The molecule has 0 amide bonds. The van der Waals surface area contributed by atoms with Crippen LogP contribution in [0.3, 0.4) is 0 Å². The zero-order valence-electron chi connectivity index (χ0n) is 7.29. The summed E-state index contributed by atoms with van der Waals surface area (Å²) in [4.78, 5) is 0. The number of hydrogen-bond acceptors (Lipinski definition) is 1. The zero-order chi connectivity index (χ0) is 9.68. The van der Waals surface area contributed by atoms with Gasteiger partial charge in [-0.25, -0.2) is 8.78 Å². The Kier molecular flexibility index (Phi) is 3.83. The molecular formula is C10H13F2N. The number of alkyl halides is 2. The third kappa shape index (κ3) is 3.11. The highest BCUT2D eigenvalue weighted by atomic mass is 19.3. The molecule has 1 unspecified atom stereocenters. The van der Waals surface area contributed by atoms with Crippen LogP contribution >= 0.6 is 0 Å². The lowest BCUT2D eigenvalue weighted by Gasteiger charge is -2.12. The van der Waals surface area contributed by atoms with Gasteiger partial charge in [-0.05, 0) is 12.0 Å². The summed E-state index contributed by atoms with van der Waals surface area (Å²) in [6.07, 6.45) is -1.97. The largest absolute Gasteiger partial charge is 0.330 e. The highest BCUT2D eigenvalue weighted by Crippen LogP contribution is 2.14. The molecule has 0 saturated carbocycles. The van der Waals surface area contributed by atoms with E-state index in [1.807, 2.05) is 30.3 Å². The van der Waals surface area contributed by atoms with E-state index >= 15 is 0 Å². The van der Waals surface area contributed by atoms with Crippen molar-refractivity contribution in [2.75, 3.05) is 6.54 Å². The van der Waals surface area contributed by atoms with Gasteiger partial charge in [-0.15, -0.1) is 0 Å². The molecule has 0 aromatic heterocycles. The molecule has 0 radical (unpaired) electrons. The van der Waals surface area contributed by atoms with Crippen LogP contribution < -0.4 is 5.73 Å². The lowest BCUT2D eigenvalue weighted by molar-refractivity contribution is 0.0814. The Morgan fingerprint density at radius 2 is 1.77 bits per heavy atom. The minimum Gasteiger partial charge on any atom is -0.330 e. The van der Waals surface area contributed by atoms with E-state index < -0.39 is 12.3 Å². The second-order valence-corrected chi connectivity index (χ2v) is 3.02. The smallest absolute Gasteiger partial charge is 0.242 e. The molecule has 13 heavy (non-hydrogen) atoms. The van der Waals surface area contributed by atoms with Gasteiger partial charge in [-0.1, -0.05) is 30.3 Å². The van der Waals surface area contributed by atoms with Crippen LogP contribution in [0.5, 0.6) is 0 Å². The molecule has 0 spiro atoms. The fourth-order valence-electron chi connectivity index (χ4n) is 1.19. The van der Waals surface area contributed by atoms with Gasteiger partial charge in [0.1, 0.15) is 0 Å². The van der Waals surface area contributed by atoms with Crippen molar-refractivity contribution in [2.45, 2.75) is 12.8 Å². The molecule has 0 aliphatic carbocycles. The topological polar surface area (TPSA) is 26.0 Å². The molecule has 1 nitrogen and oxygen atoms in total. The van der Waals surface area contributed by atoms with E-state index in [2.05, 4.69) is 0 Å². The molecule has 1 aromatic carbocycles. The maximum atomic E-state index is 12.3. The summed E-state index contributed by atoms with van der Waals surface area (Å²) >= 11 is 0. The summed E-state index contributed by atoms with van der Waals surface area (Å²) in [6, 6.07) is 9.22. The van der Waals surface area contributed by atoms with E-state index in [4.69, 9.17) is 5.73 Å². The molecule has 0 heterocycles. The van der Waals surface area contributed by atoms with Crippen LogP contribution in [0.2, 0.25) is 0 Å². The molecule has 3 heteroatoms. The van der Waals surface area contributed by atoms with Crippen LogP contribution in [0.25, 0.3) is 0 Å². The van der Waals surface area contributed by atoms with Gasteiger partial charge >= 0.3 is 0 Å². The minimum absolute atomic E-state index is 0.0343. The van der Waals surface area contributed by atoms with Crippen LogP contribution in [0.1, 0.15) is 5.56 Å². The standard InChI is InChI=1S/C10H13F2N/c11-10(12)9(7-13)6-8-4-2-1-3-5-8/h1-5,9-10H,6-7,13H2. The lowest BCUT2D eigenvalue weighted by atomic mass is 10.0. The fraction of sp³-hybridized carbons (Fsp3) is 0.400. The SMILES string of the molecule is NCC(Cc1ccccc1)C(F)F. The predicted octanol–water partition coefficient (Wildman–Crippen LogP) is 2.07. The Morgan fingerprint density at radius 3 is 2.23 bits per heavy atom. The van der Waals surface area contributed by atoms with Crippen molar-refractivity contribution in [3.05, 3.63) is 35.9 Å². The molecule has 0 aliphatic heterocycles. The first kappa shape index (κ1) is 10.1. The molecule has 0 saturated heterocycles. The summed E-state index contributed by atoms with van der Waals surface area (Å²) in [5, 5.41) is 0. The Balaban J connectivity index is 2.57. The lowest BCUT2D eigenvalue weighted by Crippen LogP contribution is -2.23. The number of rotatable bonds is 4. The van der Waals surface area contributed by atoms with Gasteiger partial charge in [0.05, 0.1) is 0 Å². The normalized spacial score (nSPS) is 13.2. The average molecular weight is 185 g/mol. The van der Waals surface area contributed by atoms with E-state index in [0.29, 0.717) is 6.42 Å². The molecular weight excluding hydrogens is 172 g/mol. The fourth-order valence-corrected chi connectivity index (χ4v) is 1.19. The van der Waals surface area contributed by atoms with E-state index in [-0.39, 0.29) is 6.54 Å². The Morgan fingerprint density at radius 1 is 1.15 bits per heavy atom. The first-order valence-corrected chi connectivity index (χ1v) is 4.26. The maximum Gasteiger partial charge on any atom is 0.242 e. The molecule has 72 valence electrons. The predicted molar refractivity (Wildman–Crippen MR) is 48.7 cm³/mol. The first-order chi connectivity index (χ1) is 6.24. The van der Waals surface area contributed by atoms with Gasteiger partial charge in [0.15, 0.2) is 0 Å². The number of nitrogens with two attached hydrogens (primary N) is 1. The maximum absolute atomic E-state index is 12.3.